The summed E-state index contributed by atoms with van der Waals surface area (Å²) in [4.78, 5) is 7.80. The molecule has 2 rings (SSSR count). The Morgan fingerprint density at radius 2 is 2.06 bits per heavy atom. The summed E-state index contributed by atoms with van der Waals surface area (Å²) in [7, 11) is 0. The van der Waals surface area contributed by atoms with Crippen LogP contribution in [0.1, 0.15) is 12.5 Å². The minimum atomic E-state index is -0.677. The second-order valence-corrected chi connectivity index (χ2v) is 3.61. The fourth-order valence-corrected chi connectivity index (χ4v) is 1.56. The van der Waals surface area contributed by atoms with E-state index >= 15 is 0 Å². The molecule has 0 atom stereocenters. The Morgan fingerprint density at radius 3 is 2.65 bits per heavy atom. The highest BCUT2D eigenvalue weighted by Gasteiger charge is 2.13. The van der Waals surface area contributed by atoms with Gasteiger partial charge in [-0.15, -0.1) is 0 Å². The molecule has 0 saturated carbocycles. The van der Waals surface area contributed by atoms with Crippen molar-refractivity contribution in [2.45, 2.75) is 13.3 Å². The quantitative estimate of drug-likeness (QED) is 0.833. The van der Waals surface area contributed by atoms with Crippen LogP contribution in [-0.2, 0) is 6.42 Å². The van der Waals surface area contributed by atoms with Crippen molar-refractivity contribution in [2.75, 3.05) is 5.73 Å². The smallest absolute Gasteiger partial charge is 0.174 e. The second kappa shape index (κ2) is 4.37. The normalized spacial score (nSPS) is 10.5. The van der Waals surface area contributed by atoms with Gasteiger partial charge in [-0.2, -0.15) is 0 Å². The number of hydrogen-bond donors (Lipinski definition) is 2. The zero-order chi connectivity index (χ0) is 12.4. The lowest BCUT2D eigenvalue weighted by atomic mass is 10.1. The lowest BCUT2D eigenvalue weighted by Gasteiger charge is -2.07. The molecule has 17 heavy (non-hydrogen) atoms. The van der Waals surface area contributed by atoms with Crippen molar-refractivity contribution < 1.29 is 9.50 Å². The number of aromatic nitrogens is 2. The van der Waals surface area contributed by atoms with Gasteiger partial charge in [0, 0.05) is 5.56 Å². The fourth-order valence-electron chi connectivity index (χ4n) is 1.56. The molecule has 0 aliphatic heterocycles. The van der Waals surface area contributed by atoms with Crippen LogP contribution in [0.15, 0.2) is 24.5 Å². The molecule has 0 bridgehead atoms. The number of aryl methyl sites for hydroxylation is 1. The Bertz CT molecular complexity index is 540. The molecular formula is C12H12FN3O. The van der Waals surface area contributed by atoms with Crippen molar-refractivity contribution in [1.29, 1.82) is 0 Å². The highest BCUT2D eigenvalue weighted by Crippen LogP contribution is 2.30. The topological polar surface area (TPSA) is 72.0 Å². The lowest BCUT2D eigenvalue weighted by Crippen LogP contribution is -1.95. The number of hydrogen-bond acceptors (Lipinski definition) is 4. The predicted octanol–water partition coefficient (Wildman–Crippen LogP) is 2.13. The van der Waals surface area contributed by atoms with Gasteiger partial charge in [0.2, 0.25) is 0 Å². The first-order valence-corrected chi connectivity index (χ1v) is 5.21. The number of anilines is 1. The minimum Gasteiger partial charge on any atom is -0.505 e. The van der Waals surface area contributed by atoms with Gasteiger partial charge >= 0.3 is 0 Å². The molecule has 3 N–H and O–H groups in total. The van der Waals surface area contributed by atoms with E-state index in [9.17, 15) is 9.50 Å². The average molecular weight is 233 g/mol. The van der Waals surface area contributed by atoms with Crippen LogP contribution < -0.4 is 5.73 Å². The van der Waals surface area contributed by atoms with E-state index in [1.54, 1.807) is 12.1 Å². The zero-order valence-corrected chi connectivity index (χ0v) is 9.31. The first-order valence-electron chi connectivity index (χ1n) is 5.21. The number of aromatic hydroxyl groups is 1. The molecule has 1 aromatic heterocycles. The Hall–Kier alpha value is -2.17. The third kappa shape index (κ3) is 2.04. The summed E-state index contributed by atoms with van der Waals surface area (Å²) < 4.78 is 13.9. The predicted molar refractivity (Wildman–Crippen MR) is 62.9 cm³/mol. The number of nitrogen functional groups attached to an aromatic ring is 1. The van der Waals surface area contributed by atoms with Crippen LogP contribution in [0.2, 0.25) is 0 Å². The van der Waals surface area contributed by atoms with Gasteiger partial charge in [0.25, 0.3) is 0 Å². The van der Waals surface area contributed by atoms with Gasteiger partial charge in [-0.05, 0) is 18.1 Å². The molecule has 1 aromatic carbocycles. The minimum absolute atomic E-state index is 0.215. The van der Waals surface area contributed by atoms with Gasteiger partial charge in [-0.25, -0.2) is 9.37 Å². The maximum atomic E-state index is 13.9. The van der Waals surface area contributed by atoms with Crippen molar-refractivity contribution in [3.63, 3.8) is 0 Å². The molecule has 0 amide bonds. The van der Waals surface area contributed by atoms with Crippen molar-refractivity contribution in [3.8, 4) is 17.0 Å². The summed E-state index contributed by atoms with van der Waals surface area (Å²) in [5.74, 6) is -0.740. The van der Waals surface area contributed by atoms with Gasteiger partial charge in [-0.3, -0.25) is 4.98 Å². The Kier molecular flexibility index (Phi) is 2.91. The van der Waals surface area contributed by atoms with E-state index in [1.807, 2.05) is 6.92 Å². The number of nitrogens with zero attached hydrogens (tertiary/aromatic N) is 2. The van der Waals surface area contributed by atoms with Crippen LogP contribution in [0.3, 0.4) is 0 Å². The molecule has 1 heterocycles. The number of benzene rings is 1. The molecule has 4 nitrogen and oxygen atoms in total. The van der Waals surface area contributed by atoms with Gasteiger partial charge in [0.05, 0.1) is 18.1 Å². The Morgan fingerprint density at radius 1 is 1.29 bits per heavy atom. The van der Waals surface area contributed by atoms with Gasteiger partial charge in [-0.1, -0.05) is 13.0 Å². The molecule has 0 spiro atoms. The third-order valence-corrected chi connectivity index (χ3v) is 2.53. The van der Waals surface area contributed by atoms with Crippen molar-refractivity contribution in [3.05, 3.63) is 35.9 Å². The monoisotopic (exact) mass is 233 g/mol. The third-order valence-electron chi connectivity index (χ3n) is 2.53. The number of nitrogens with two attached hydrogens (primary N) is 1. The summed E-state index contributed by atoms with van der Waals surface area (Å²) in [5.41, 5.74) is 6.52. The van der Waals surface area contributed by atoms with Gasteiger partial charge < -0.3 is 10.8 Å². The molecular weight excluding hydrogens is 221 g/mol. The van der Waals surface area contributed by atoms with E-state index < -0.39 is 5.82 Å². The molecule has 5 heteroatoms. The van der Waals surface area contributed by atoms with Crippen molar-refractivity contribution in [2.24, 2.45) is 0 Å². The standard InChI is InChI=1S/C12H12FN3O/c1-2-7-3-4-8(11(13)12(7)17)9-5-16-10(14)6-15-9/h3-6,17H,2H2,1H3,(H2,14,16). The average Bonchev–Trinajstić information content (AvgIpc) is 2.34. The second-order valence-electron chi connectivity index (χ2n) is 3.61. The summed E-state index contributed by atoms with van der Waals surface area (Å²) >= 11 is 0. The van der Waals surface area contributed by atoms with Crippen LogP contribution >= 0.6 is 0 Å². The number of rotatable bonds is 2. The van der Waals surface area contributed by atoms with Crippen molar-refractivity contribution >= 4 is 5.82 Å². The van der Waals surface area contributed by atoms with E-state index in [0.29, 0.717) is 17.7 Å². The number of phenols is 1. The fraction of sp³-hybridized carbons (Fsp3) is 0.167. The van der Waals surface area contributed by atoms with E-state index in [4.69, 9.17) is 5.73 Å². The van der Waals surface area contributed by atoms with E-state index in [2.05, 4.69) is 9.97 Å². The highest BCUT2D eigenvalue weighted by atomic mass is 19.1. The summed E-state index contributed by atoms with van der Waals surface area (Å²) in [6.45, 7) is 1.84. The van der Waals surface area contributed by atoms with Crippen LogP contribution in [0.5, 0.6) is 5.75 Å². The van der Waals surface area contributed by atoms with E-state index in [0.717, 1.165) is 0 Å². The van der Waals surface area contributed by atoms with E-state index in [1.165, 1.54) is 12.4 Å². The SMILES string of the molecule is CCc1ccc(-c2cnc(N)cn2)c(F)c1O. The van der Waals surface area contributed by atoms with Crippen LogP contribution in [0.25, 0.3) is 11.3 Å². The van der Waals surface area contributed by atoms with Crippen molar-refractivity contribution in [1.82, 2.24) is 9.97 Å². The number of phenolic OH excluding ortho intramolecular Hbond substituents is 1. The maximum absolute atomic E-state index is 13.9. The van der Waals surface area contributed by atoms with E-state index in [-0.39, 0.29) is 17.1 Å². The largest absolute Gasteiger partial charge is 0.505 e. The van der Waals surface area contributed by atoms with Crippen LogP contribution in [-0.4, -0.2) is 15.1 Å². The molecule has 2 aromatic rings. The molecule has 0 fully saturated rings. The highest BCUT2D eigenvalue weighted by molar-refractivity contribution is 5.63. The van der Waals surface area contributed by atoms with Gasteiger partial charge in [0.15, 0.2) is 11.6 Å². The van der Waals surface area contributed by atoms with Crippen LogP contribution in [0, 0.1) is 5.82 Å². The number of halogens is 1. The molecule has 88 valence electrons. The molecule has 0 aliphatic rings. The van der Waals surface area contributed by atoms with Crippen LogP contribution in [0.4, 0.5) is 10.2 Å². The summed E-state index contributed by atoms with van der Waals surface area (Å²) in [6.07, 6.45) is 3.29. The van der Waals surface area contributed by atoms with Gasteiger partial charge in [0.1, 0.15) is 5.82 Å². The Balaban J connectivity index is 2.53. The molecule has 0 saturated heterocycles. The molecule has 0 unspecified atom stereocenters. The summed E-state index contributed by atoms with van der Waals surface area (Å²) in [6, 6.07) is 3.25. The first-order chi connectivity index (χ1) is 8.13. The maximum Gasteiger partial charge on any atom is 0.174 e. The first kappa shape index (κ1) is 11.3. The zero-order valence-electron chi connectivity index (χ0n) is 9.31. The molecule has 0 aliphatic carbocycles. The Labute approximate surface area is 98.0 Å². The summed E-state index contributed by atoms with van der Waals surface area (Å²) in [5, 5.41) is 9.65. The lowest BCUT2D eigenvalue weighted by molar-refractivity contribution is 0.427. The molecule has 0 radical (unpaired) electrons.